The Kier molecular flexibility index (Phi) is 4.83. The van der Waals surface area contributed by atoms with E-state index in [-0.39, 0.29) is 5.91 Å². The fraction of sp³-hybridized carbons (Fsp3) is 0.0588. The molecule has 1 amide bonds. The lowest BCUT2D eigenvalue weighted by molar-refractivity contribution is -0.115. The second-order valence-electron chi connectivity index (χ2n) is 4.70. The number of halogens is 1. The van der Waals surface area contributed by atoms with Crippen molar-refractivity contribution in [3.63, 3.8) is 0 Å². The summed E-state index contributed by atoms with van der Waals surface area (Å²) in [6.45, 7) is 0. The lowest BCUT2D eigenvalue weighted by atomic mass is 10.2. The SMILES string of the molecule is COc1ccc(N=C2NC(=O)C(=Cc3ccccc3Br)S2)cc1. The summed E-state index contributed by atoms with van der Waals surface area (Å²) >= 11 is 4.80. The lowest BCUT2D eigenvalue weighted by Gasteiger charge is -2.00. The van der Waals surface area contributed by atoms with Gasteiger partial charge in [0.2, 0.25) is 0 Å². The minimum absolute atomic E-state index is 0.141. The highest BCUT2D eigenvalue weighted by Gasteiger charge is 2.23. The predicted octanol–water partition coefficient (Wildman–Crippen LogP) is 4.35. The molecule has 0 aromatic heterocycles. The normalized spacial score (nSPS) is 17.6. The summed E-state index contributed by atoms with van der Waals surface area (Å²) in [6, 6.07) is 15.1. The molecule has 3 rings (SSSR count). The minimum atomic E-state index is -0.141. The third-order valence-corrected chi connectivity index (χ3v) is 4.78. The van der Waals surface area contributed by atoms with Crippen molar-refractivity contribution >= 4 is 50.5 Å². The molecule has 0 atom stereocenters. The molecule has 0 spiro atoms. The Balaban J connectivity index is 1.81. The van der Waals surface area contributed by atoms with Crippen LogP contribution in [0.2, 0.25) is 0 Å². The van der Waals surface area contributed by atoms with Crippen molar-refractivity contribution in [2.75, 3.05) is 7.11 Å². The maximum atomic E-state index is 12.1. The molecule has 0 saturated carbocycles. The van der Waals surface area contributed by atoms with Gasteiger partial charge in [-0.3, -0.25) is 4.79 Å². The van der Waals surface area contributed by atoms with Crippen molar-refractivity contribution in [2.45, 2.75) is 0 Å². The van der Waals surface area contributed by atoms with Crippen LogP contribution < -0.4 is 10.1 Å². The molecule has 6 heteroatoms. The van der Waals surface area contributed by atoms with Gasteiger partial charge in [0.15, 0.2) is 5.17 Å². The smallest absolute Gasteiger partial charge is 0.264 e. The summed E-state index contributed by atoms with van der Waals surface area (Å²) in [5.41, 5.74) is 1.71. The number of benzene rings is 2. The summed E-state index contributed by atoms with van der Waals surface area (Å²) in [6.07, 6.45) is 1.85. The number of amidine groups is 1. The van der Waals surface area contributed by atoms with Crippen molar-refractivity contribution in [1.82, 2.24) is 5.32 Å². The van der Waals surface area contributed by atoms with Crippen LogP contribution in [0.5, 0.6) is 5.75 Å². The third-order valence-electron chi connectivity index (χ3n) is 3.15. The van der Waals surface area contributed by atoms with Crippen molar-refractivity contribution in [2.24, 2.45) is 4.99 Å². The zero-order chi connectivity index (χ0) is 16.2. The van der Waals surface area contributed by atoms with Gasteiger partial charge in [-0.2, -0.15) is 0 Å². The van der Waals surface area contributed by atoms with E-state index >= 15 is 0 Å². The highest BCUT2D eigenvalue weighted by molar-refractivity contribution is 9.10. The van der Waals surface area contributed by atoms with Crippen molar-refractivity contribution in [1.29, 1.82) is 0 Å². The molecule has 2 aromatic rings. The first kappa shape index (κ1) is 15.8. The molecule has 2 aromatic carbocycles. The number of amides is 1. The van der Waals surface area contributed by atoms with E-state index in [1.807, 2.05) is 54.6 Å². The Labute approximate surface area is 146 Å². The second-order valence-corrected chi connectivity index (χ2v) is 6.59. The van der Waals surface area contributed by atoms with E-state index in [1.54, 1.807) is 7.11 Å². The first-order valence-corrected chi connectivity index (χ1v) is 8.45. The standard InChI is InChI=1S/C17H13BrN2O2S/c1-22-13-8-6-12(7-9-13)19-17-20-16(21)15(23-17)10-11-4-2-3-5-14(11)18/h2-10H,1H3,(H,19,20,21). The van der Waals surface area contributed by atoms with Gasteiger partial charge in [0.05, 0.1) is 17.7 Å². The Morgan fingerprint density at radius 1 is 1.17 bits per heavy atom. The molecule has 4 nitrogen and oxygen atoms in total. The molecule has 0 radical (unpaired) electrons. The van der Waals surface area contributed by atoms with E-state index in [9.17, 15) is 4.79 Å². The van der Waals surface area contributed by atoms with E-state index < -0.39 is 0 Å². The molecule has 1 aliphatic heterocycles. The van der Waals surface area contributed by atoms with Gasteiger partial charge >= 0.3 is 0 Å². The molecule has 0 aliphatic carbocycles. The van der Waals surface area contributed by atoms with Crippen LogP contribution in [0.3, 0.4) is 0 Å². The van der Waals surface area contributed by atoms with Gasteiger partial charge < -0.3 is 10.1 Å². The molecule has 0 bridgehead atoms. The molecule has 1 N–H and O–H groups in total. The quantitative estimate of drug-likeness (QED) is 0.795. The summed E-state index contributed by atoms with van der Waals surface area (Å²) < 4.78 is 6.06. The van der Waals surface area contributed by atoms with Crippen molar-refractivity contribution in [3.05, 3.63) is 63.5 Å². The molecule has 116 valence electrons. The van der Waals surface area contributed by atoms with Gasteiger partial charge in [0.1, 0.15) is 5.75 Å². The molecule has 1 aliphatic rings. The van der Waals surface area contributed by atoms with Crippen molar-refractivity contribution in [3.8, 4) is 5.75 Å². The molecule has 1 fully saturated rings. The zero-order valence-corrected chi connectivity index (χ0v) is 14.6. The van der Waals surface area contributed by atoms with Gasteiger partial charge in [0.25, 0.3) is 5.91 Å². The molecule has 0 unspecified atom stereocenters. The van der Waals surface area contributed by atoms with Crippen LogP contribution in [0.4, 0.5) is 5.69 Å². The maximum absolute atomic E-state index is 12.1. The van der Waals surface area contributed by atoms with Gasteiger partial charge in [-0.05, 0) is 53.7 Å². The number of methoxy groups -OCH3 is 1. The van der Waals surface area contributed by atoms with Crippen LogP contribution in [0.15, 0.2) is 62.9 Å². The molecular weight excluding hydrogens is 376 g/mol. The Hall–Kier alpha value is -2.05. The molecular formula is C17H13BrN2O2S. The number of aliphatic imine (C=N–C) groups is 1. The summed E-state index contributed by atoms with van der Waals surface area (Å²) in [5.74, 6) is 0.629. The molecule has 1 heterocycles. The van der Waals surface area contributed by atoms with Gasteiger partial charge in [-0.1, -0.05) is 34.1 Å². The van der Waals surface area contributed by atoms with E-state index in [2.05, 4.69) is 26.2 Å². The number of carbonyl (C=O) groups is 1. The highest BCUT2D eigenvalue weighted by atomic mass is 79.9. The van der Waals surface area contributed by atoms with Crippen molar-refractivity contribution < 1.29 is 9.53 Å². The van der Waals surface area contributed by atoms with E-state index in [4.69, 9.17) is 4.74 Å². The molecule has 1 saturated heterocycles. The minimum Gasteiger partial charge on any atom is -0.497 e. The highest BCUT2D eigenvalue weighted by Crippen LogP contribution is 2.30. The zero-order valence-electron chi connectivity index (χ0n) is 12.2. The van der Waals surface area contributed by atoms with Crippen LogP contribution in [0.25, 0.3) is 6.08 Å². The number of hydrogen-bond donors (Lipinski definition) is 1. The number of rotatable bonds is 3. The lowest BCUT2D eigenvalue weighted by Crippen LogP contribution is -2.19. The summed E-state index contributed by atoms with van der Waals surface area (Å²) in [5, 5.41) is 3.35. The fourth-order valence-corrected chi connectivity index (χ4v) is 3.22. The van der Waals surface area contributed by atoms with Crippen LogP contribution >= 0.6 is 27.7 Å². The first-order valence-electron chi connectivity index (χ1n) is 6.84. The van der Waals surface area contributed by atoms with Crippen LogP contribution in [-0.2, 0) is 4.79 Å². The van der Waals surface area contributed by atoms with Crippen LogP contribution in [-0.4, -0.2) is 18.2 Å². The van der Waals surface area contributed by atoms with E-state index in [0.717, 1.165) is 21.5 Å². The summed E-state index contributed by atoms with van der Waals surface area (Å²) in [4.78, 5) is 17.1. The van der Waals surface area contributed by atoms with E-state index in [1.165, 1.54) is 11.8 Å². The van der Waals surface area contributed by atoms with Gasteiger partial charge in [0, 0.05) is 4.47 Å². The monoisotopic (exact) mass is 388 g/mol. The summed E-state index contributed by atoms with van der Waals surface area (Å²) in [7, 11) is 1.62. The number of ether oxygens (including phenoxy) is 1. The Morgan fingerprint density at radius 3 is 2.61 bits per heavy atom. The van der Waals surface area contributed by atoms with E-state index in [0.29, 0.717) is 10.1 Å². The molecule has 23 heavy (non-hydrogen) atoms. The average Bonchev–Trinajstić information content (AvgIpc) is 2.90. The number of nitrogens with zero attached hydrogens (tertiary/aromatic N) is 1. The average molecular weight is 389 g/mol. The number of carbonyl (C=O) groups excluding carboxylic acids is 1. The maximum Gasteiger partial charge on any atom is 0.264 e. The predicted molar refractivity (Wildman–Crippen MR) is 97.9 cm³/mol. The second kappa shape index (κ2) is 7.02. The Morgan fingerprint density at radius 2 is 1.91 bits per heavy atom. The first-order chi connectivity index (χ1) is 11.2. The third kappa shape index (κ3) is 3.83. The fourth-order valence-electron chi connectivity index (χ4n) is 1.99. The van der Waals surface area contributed by atoms with Gasteiger partial charge in [-0.15, -0.1) is 0 Å². The number of hydrogen-bond acceptors (Lipinski definition) is 4. The number of thioether (sulfide) groups is 1. The largest absolute Gasteiger partial charge is 0.497 e. The number of nitrogens with one attached hydrogen (secondary N) is 1. The van der Waals surface area contributed by atoms with Crippen LogP contribution in [0, 0.1) is 0 Å². The van der Waals surface area contributed by atoms with Crippen LogP contribution in [0.1, 0.15) is 5.56 Å². The Bertz CT molecular complexity index is 800. The topological polar surface area (TPSA) is 50.7 Å². The van der Waals surface area contributed by atoms with Gasteiger partial charge in [-0.25, -0.2) is 4.99 Å².